The Balaban J connectivity index is 1.72. The molecule has 24 heavy (non-hydrogen) atoms. The number of carbonyl (C=O) groups excluding carboxylic acids is 1. The Labute approximate surface area is 146 Å². The predicted octanol–water partition coefficient (Wildman–Crippen LogP) is 6.06. The average molecular weight is 337 g/mol. The molecule has 0 amide bonds. The SMILES string of the molecule is CCc1ccc(C(=O)C=Cc2ccc(-c3ccc(Cl)cc3)o2)cc1. The number of hydrogen-bond acceptors (Lipinski definition) is 2. The van der Waals surface area contributed by atoms with Gasteiger partial charge < -0.3 is 4.42 Å². The molecule has 2 nitrogen and oxygen atoms in total. The Hall–Kier alpha value is -2.58. The van der Waals surface area contributed by atoms with Crippen molar-refractivity contribution in [2.24, 2.45) is 0 Å². The van der Waals surface area contributed by atoms with Gasteiger partial charge in [-0.25, -0.2) is 0 Å². The van der Waals surface area contributed by atoms with Gasteiger partial charge in [-0.15, -0.1) is 0 Å². The molecule has 0 bridgehead atoms. The Morgan fingerprint density at radius 2 is 1.71 bits per heavy atom. The van der Waals surface area contributed by atoms with Crippen LogP contribution in [0.2, 0.25) is 5.02 Å². The zero-order valence-corrected chi connectivity index (χ0v) is 14.1. The van der Waals surface area contributed by atoms with Crippen LogP contribution in [-0.2, 0) is 6.42 Å². The number of allylic oxidation sites excluding steroid dienone is 1. The van der Waals surface area contributed by atoms with Crippen LogP contribution in [0.5, 0.6) is 0 Å². The molecule has 0 aliphatic heterocycles. The quantitative estimate of drug-likeness (QED) is 0.419. The topological polar surface area (TPSA) is 30.2 Å². The first-order valence-electron chi connectivity index (χ1n) is 7.83. The largest absolute Gasteiger partial charge is 0.457 e. The fourth-order valence-electron chi connectivity index (χ4n) is 2.37. The molecule has 1 aromatic heterocycles. The number of carbonyl (C=O) groups is 1. The van der Waals surface area contributed by atoms with Crippen molar-refractivity contribution in [3.63, 3.8) is 0 Å². The van der Waals surface area contributed by atoms with Gasteiger partial charge in [-0.1, -0.05) is 42.8 Å². The van der Waals surface area contributed by atoms with Gasteiger partial charge in [-0.2, -0.15) is 0 Å². The molecule has 0 atom stereocenters. The zero-order chi connectivity index (χ0) is 16.9. The molecular weight excluding hydrogens is 320 g/mol. The molecule has 3 rings (SSSR count). The minimum absolute atomic E-state index is 0.0397. The third kappa shape index (κ3) is 3.84. The van der Waals surface area contributed by atoms with Crippen LogP contribution < -0.4 is 0 Å². The van der Waals surface area contributed by atoms with Crippen molar-refractivity contribution < 1.29 is 9.21 Å². The number of rotatable bonds is 5. The van der Waals surface area contributed by atoms with E-state index in [-0.39, 0.29) is 5.78 Å². The summed E-state index contributed by atoms with van der Waals surface area (Å²) in [6.07, 6.45) is 4.19. The summed E-state index contributed by atoms with van der Waals surface area (Å²) in [5.41, 5.74) is 2.84. The first kappa shape index (κ1) is 16.3. The lowest BCUT2D eigenvalue weighted by Crippen LogP contribution is -1.94. The number of benzene rings is 2. The first-order chi connectivity index (χ1) is 11.7. The Morgan fingerprint density at radius 1 is 1.00 bits per heavy atom. The van der Waals surface area contributed by atoms with Gasteiger partial charge in [0, 0.05) is 16.1 Å². The highest BCUT2D eigenvalue weighted by Crippen LogP contribution is 2.24. The van der Waals surface area contributed by atoms with Crippen molar-refractivity contribution in [1.29, 1.82) is 0 Å². The third-order valence-corrected chi connectivity index (χ3v) is 4.05. The van der Waals surface area contributed by atoms with Crippen molar-refractivity contribution in [1.82, 2.24) is 0 Å². The third-order valence-electron chi connectivity index (χ3n) is 3.80. The van der Waals surface area contributed by atoms with E-state index in [1.807, 2.05) is 60.7 Å². The van der Waals surface area contributed by atoms with Crippen LogP contribution in [0.25, 0.3) is 17.4 Å². The lowest BCUT2D eigenvalue weighted by molar-refractivity contribution is 0.104. The second-order valence-electron chi connectivity index (χ2n) is 5.46. The summed E-state index contributed by atoms with van der Waals surface area (Å²) in [5.74, 6) is 1.34. The summed E-state index contributed by atoms with van der Waals surface area (Å²) in [6.45, 7) is 2.09. The number of halogens is 1. The van der Waals surface area contributed by atoms with Crippen LogP contribution in [0, 0.1) is 0 Å². The van der Waals surface area contributed by atoms with Crippen LogP contribution in [0.4, 0.5) is 0 Å². The highest BCUT2D eigenvalue weighted by molar-refractivity contribution is 6.30. The lowest BCUT2D eigenvalue weighted by atomic mass is 10.1. The molecule has 0 spiro atoms. The first-order valence-corrected chi connectivity index (χ1v) is 8.20. The zero-order valence-electron chi connectivity index (χ0n) is 13.3. The van der Waals surface area contributed by atoms with Crippen molar-refractivity contribution in [2.75, 3.05) is 0 Å². The number of furan rings is 1. The normalized spacial score (nSPS) is 11.1. The molecule has 0 saturated carbocycles. The molecule has 0 radical (unpaired) electrons. The van der Waals surface area contributed by atoms with Crippen molar-refractivity contribution in [3.8, 4) is 11.3 Å². The number of hydrogen-bond donors (Lipinski definition) is 0. The fourth-order valence-corrected chi connectivity index (χ4v) is 2.50. The van der Waals surface area contributed by atoms with Gasteiger partial charge in [0.1, 0.15) is 11.5 Å². The minimum atomic E-state index is -0.0397. The van der Waals surface area contributed by atoms with Gasteiger partial charge in [0.05, 0.1) is 0 Å². The predicted molar refractivity (Wildman–Crippen MR) is 98.3 cm³/mol. The van der Waals surface area contributed by atoms with Gasteiger partial charge in [0.15, 0.2) is 5.78 Å². The molecule has 0 saturated heterocycles. The van der Waals surface area contributed by atoms with E-state index in [2.05, 4.69) is 6.92 Å². The summed E-state index contributed by atoms with van der Waals surface area (Å²) in [7, 11) is 0. The number of aryl methyl sites for hydroxylation is 1. The van der Waals surface area contributed by atoms with E-state index in [1.165, 1.54) is 11.6 Å². The van der Waals surface area contributed by atoms with Gasteiger partial charge >= 0.3 is 0 Å². The standard InChI is InChI=1S/C21H17ClO2/c1-2-15-3-5-16(6-4-15)20(23)13-11-19-12-14-21(24-19)17-7-9-18(22)10-8-17/h3-14H,2H2,1H3. The Bertz CT molecular complexity index is 856. The maximum Gasteiger partial charge on any atom is 0.185 e. The summed E-state index contributed by atoms with van der Waals surface area (Å²) >= 11 is 5.89. The van der Waals surface area contributed by atoms with Crippen molar-refractivity contribution in [3.05, 3.63) is 88.6 Å². The van der Waals surface area contributed by atoms with Crippen LogP contribution >= 0.6 is 11.6 Å². The molecule has 0 aliphatic carbocycles. The molecule has 0 N–H and O–H groups in total. The van der Waals surface area contributed by atoms with E-state index < -0.39 is 0 Å². The van der Waals surface area contributed by atoms with Crippen LogP contribution in [-0.4, -0.2) is 5.78 Å². The van der Waals surface area contributed by atoms with E-state index in [1.54, 1.807) is 6.08 Å². The second-order valence-corrected chi connectivity index (χ2v) is 5.89. The molecule has 0 unspecified atom stereocenters. The highest BCUT2D eigenvalue weighted by Gasteiger charge is 2.05. The van der Waals surface area contributed by atoms with Gasteiger partial charge in [-0.3, -0.25) is 4.79 Å². The fraction of sp³-hybridized carbons (Fsp3) is 0.0952. The van der Waals surface area contributed by atoms with E-state index >= 15 is 0 Å². The van der Waals surface area contributed by atoms with Gasteiger partial charge in [0.2, 0.25) is 0 Å². The molecule has 120 valence electrons. The van der Waals surface area contributed by atoms with E-state index in [0.29, 0.717) is 16.3 Å². The van der Waals surface area contributed by atoms with Gasteiger partial charge in [-0.05, 0) is 60.5 Å². The summed E-state index contributed by atoms with van der Waals surface area (Å²) < 4.78 is 5.75. The maximum absolute atomic E-state index is 12.2. The molecular formula is C21H17ClO2. The van der Waals surface area contributed by atoms with E-state index in [9.17, 15) is 4.79 Å². The molecule has 3 aromatic rings. The van der Waals surface area contributed by atoms with Gasteiger partial charge in [0.25, 0.3) is 0 Å². The minimum Gasteiger partial charge on any atom is -0.457 e. The summed E-state index contributed by atoms with van der Waals surface area (Å²) in [4.78, 5) is 12.2. The molecule has 0 fully saturated rings. The van der Waals surface area contributed by atoms with Crippen LogP contribution in [0.15, 0.2) is 71.2 Å². The molecule has 2 aromatic carbocycles. The number of ketones is 1. The van der Waals surface area contributed by atoms with Crippen molar-refractivity contribution in [2.45, 2.75) is 13.3 Å². The average Bonchev–Trinajstić information content (AvgIpc) is 3.09. The van der Waals surface area contributed by atoms with E-state index in [4.69, 9.17) is 16.0 Å². The Morgan fingerprint density at radius 3 is 2.38 bits per heavy atom. The monoisotopic (exact) mass is 336 g/mol. The van der Waals surface area contributed by atoms with Crippen LogP contribution in [0.1, 0.15) is 28.6 Å². The van der Waals surface area contributed by atoms with E-state index in [0.717, 1.165) is 17.7 Å². The second kappa shape index (κ2) is 7.33. The molecule has 0 aliphatic rings. The van der Waals surface area contributed by atoms with Crippen molar-refractivity contribution >= 4 is 23.5 Å². The van der Waals surface area contributed by atoms with Crippen LogP contribution in [0.3, 0.4) is 0 Å². The summed E-state index contributed by atoms with van der Waals surface area (Å²) in [5, 5.41) is 0.685. The smallest absolute Gasteiger partial charge is 0.185 e. The lowest BCUT2D eigenvalue weighted by Gasteiger charge is -1.98. The Kier molecular flexibility index (Phi) is 4.97. The summed E-state index contributed by atoms with van der Waals surface area (Å²) in [6, 6.07) is 18.8. The highest BCUT2D eigenvalue weighted by atomic mass is 35.5. The maximum atomic E-state index is 12.2. The molecule has 1 heterocycles. The molecule has 3 heteroatoms.